The molecule has 0 aliphatic heterocycles. The highest BCUT2D eigenvalue weighted by atomic mass is 32.1. The maximum atomic E-state index is 12.5. The number of benzene rings is 1. The molecule has 0 amide bonds. The van der Waals surface area contributed by atoms with Crippen LogP contribution in [0.15, 0.2) is 35.8 Å². The van der Waals surface area contributed by atoms with Crippen LogP contribution >= 0.6 is 22.7 Å². The fourth-order valence-corrected chi connectivity index (χ4v) is 5.53. The Balaban J connectivity index is 1.58. The van der Waals surface area contributed by atoms with Gasteiger partial charge in [0.25, 0.3) is 5.69 Å². The Morgan fingerprint density at radius 1 is 1.38 bits per heavy atom. The smallest absolute Gasteiger partial charge is 0.341 e. The number of ether oxygens (including phenoxy) is 1. The zero-order chi connectivity index (χ0) is 22.7. The number of hydrogen-bond donors (Lipinski definition) is 1. The first-order valence-electron chi connectivity index (χ1n) is 9.91. The van der Waals surface area contributed by atoms with Gasteiger partial charge in [0, 0.05) is 34.2 Å². The molecular formula is C22H18N4O4S2. The van der Waals surface area contributed by atoms with Crippen LogP contribution in [0.4, 0.5) is 10.7 Å². The molecule has 0 unspecified atom stereocenters. The monoisotopic (exact) mass is 466 g/mol. The molecule has 32 heavy (non-hydrogen) atoms. The summed E-state index contributed by atoms with van der Waals surface area (Å²) in [5.74, 6) is -0.351. The number of nitriles is 1. The summed E-state index contributed by atoms with van der Waals surface area (Å²) in [6.45, 7) is 2.07. The van der Waals surface area contributed by atoms with Crippen LogP contribution < -0.4 is 5.32 Å². The zero-order valence-electron chi connectivity index (χ0n) is 17.1. The molecule has 0 fully saturated rings. The number of esters is 1. The second-order valence-corrected chi connectivity index (χ2v) is 8.90. The Morgan fingerprint density at radius 2 is 2.16 bits per heavy atom. The molecule has 1 N–H and O–H groups in total. The van der Waals surface area contributed by atoms with Crippen molar-refractivity contribution in [1.29, 1.82) is 5.26 Å². The number of allylic oxidation sites excluding steroid dienone is 1. The zero-order valence-corrected chi connectivity index (χ0v) is 18.7. The van der Waals surface area contributed by atoms with Crippen LogP contribution in [0.3, 0.4) is 0 Å². The van der Waals surface area contributed by atoms with E-state index in [0.29, 0.717) is 33.4 Å². The Morgan fingerprint density at radius 3 is 2.84 bits per heavy atom. The SMILES string of the molecule is CCOC(=O)c1c(NC=C(C#N)c2nc(-c3ccc([N+](=O)[O-])cc3)cs2)sc2c1CCC2. The maximum absolute atomic E-state index is 12.5. The Bertz CT molecular complexity index is 1250. The van der Waals surface area contributed by atoms with Gasteiger partial charge in [-0.3, -0.25) is 10.1 Å². The molecule has 2 heterocycles. The van der Waals surface area contributed by atoms with Gasteiger partial charge >= 0.3 is 5.97 Å². The minimum absolute atomic E-state index is 0.00580. The molecule has 3 aromatic rings. The quantitative estimate of drug-likeness (QED) is 0.214. The van der Waals surface area contributed by atoms with Gasteiger partial charge in [-0.2, -0.15) is 5.26 Å². The van der Waals surface area contributed by atoms with Crippen molar-refractivity contribution in [2.45, 2.75) is 26.2 Å². The summed E-state index contributed by atoms with van der Waals surface area (Å²) in [5, 5.41) is 26.6. The van der Waals surface area contributed by atoms with Crippen molar-refractivity contribution in [3.8, 4) is 17.3 Å². The molecule has 0 bridgehead atoms. The number of non-ortho nitro benzene ring substituents is 1. The molecule has 162 valence electrons. The number of nitrogens with one attached hydrogen (secondary N) is 1. The van der Waals surface area contributed by atoms with Crippen LogP contribution in [0.5, 0.6) is 0 Å². The van der Waals surface area contributed by atoms with Crippen molar-refractivity contribution in [3.05, 3.63) is 67.0 Å². The number of anilines is 1. The Kier molecular flexibility index (Phi) is 6.30. The molecule has 1 aliphatic rings. The lowest BCUT2D eigenvalue weighted by atomic mass is 10.1. The molecule has 10 heteroatoms. The number of aryl methyl sites for hydroxylation is 1. The molecule has 1 aliphatic carbocycles. The third-order valence-corrected chi connectivity index (χ3v) is 7.08. The van der Waals surface area contributed by atoms with Gasteiger partial charge in [0.05, 0.1) is 22.8 Å². The summed E-state index contributed by atoms with van der Waals surface area (Å²) in [6, 6.07) is 8.24. The predicted molar refractivity (Wildman–Crippen MR) is 124 cm³/mol. The number of carbonyl (C=O) groups is 1. The molecule has 2 aromatic heterocycles. The molecule has 0 radical (unpaired) electrons. The van der Waals surface area contributed by atoms with E-state index in [2.05, 4.69) is 16.4 Å². The van der Waals surface area contributed by atoms with Gasteiger partial charge in [-0.05, 0) is 43.9 Å². The number of hydrogen-bond acceptors (Lipinski definition) is 9. The number of fused-ring (bicyclic) bond motifs is 1. The van der Waals surface area contributed by atoms with E-state index < -0.39 is 4.92 Å². The van der Waals surface area contributed by atoms with Gasteiger partial charge < -0.3 is 10.1 Å². The number of nitro benzene ring substituents is 1. The van der Waals surface area contributed by atoms with E-state index in [4.69, 9.17) is 4.74 Å². The highest BCUT2D eigenvalue weighted by Gasteiger charge is 2.27. The van der Waals surface area contributed by atoms with Gasteiger partial charge in [0.15, 0.2) is 0 Å². The summed E-state index contributed by atoms with van der Waals surface area (Å²) in [5.41, 5.74) is 3.28. The average molecular weight is 467 g/mol. The first-order chi connectivity index (χ1) is 15.5. The Labute approximate surface area is 192 Å². The third kappa shape index (κ3) is 4.26. The van der Waals surface area contributed by atoms with Gasteiger partial charge in [-0.1, -0.05) is 0 Å². The highest BCUT2D eigenvalue weighted by Crippen LogP contribution is 2.40. The predicted octanol–water partition coefficient (Wildman–Crippen LogP) is 5.42. The Hall–Kier alpha value is -3.55. The number of nitrogens with zero attached hydrogens (tertiary/aromatic N) is 3. The van der Waals surface area contributed by atoms with Crippen molar-refractivity contribution in [2.75, 3.05) is 11.9 Å². The molecular weight excluding hydrogens is 448 g/mol. The van der Waals surface area contributed by atoms with Crippen molar-refractivity contribution in [1.82, 2.24) is 4.98 Å². The summed E-state index contributed by atoms with van der Waals surface area (Å²) < 4.78 is 5.24. The third-order valence-electron chi connectivity index (χ3n) is 4.98. The number of thiazole rings is 1. The normalized spacial score (nSPS) is 12.8. The van der Waals surface area contributed by atoms with Crippen LogP contribution in [0.2, 0.25) is 0 Å². The summed E-state index contributed by atoms with van der Waals surface area (Å²) in [4.78, 5) is 28.6. The van der Waals surface area contributed by atoms with Gasteiger partial charge in [0.2, 0.25) is 0 Å². The van der Waals surface area contributed by atoms with Gasteiger partial charge in [-0.15, -0.1) is 22.7 Å². The number of thiophene rings is 1. The van der Waals surface area contributed by atoms with E-state index in [1.165, 1.54) is 39.7 Å². The molecule has 0 saturated carbocycles. The molecule has 0 atom stereocenters. The van der Waals surface area contributed by atoms with E-state index in [9.17, 15) is 20.2 Å². The van der Waals surface area contributed by atoms with E-state index >= 15 is 0 Å². The topological polar surface area (TPSA) is 118 Å². The van der Waals surface area contributed by atoms with Gasteiger partial charge in [0.1, 0.15) is 21.7 Å². The van der Waals surface area contributed by atoms with Crippen LogP contribution in [0, 0.1) is 21.4 Å². The van der Waals surface area contributed by atoms with E-state index in [1.807, 2.05) is 0 Å². The second-order valence-electron chi connectivity index (χ2n) is 6.94. The fraction of sp³-hybridized carbons (Fsp3) is 0.227. The van der Waals surface area contributed by atoms with Crippen molar-refractivity contribution in [2.24, 2.45) is 0 Å². The first kappa shape index (κ1) is 21.7. The lowest BCUT2D eigenvalue weighted by Crippen LogP contribution is -2.08. The summed E-state index contributed by atoms with van der Waals surface area (Å²) in [7, 11) is 0. The van der Waals surface area contributed by atoms with Crippen molar-refractivity contribution >= 4 is 44.9 Å². The van der Waals surface area contributed by atoms with Crippen LogP contribution in [0.1, 0.15) is 39.2 Å². The minimum atomic E-state index is -0.455. The van der Waals surface area contributed by atoms with E-state index in [-0.39, 0.29) is 11.7 Å². The molecule has 0 saturated heterocycles. The molecule has 8 nitrogen and oxygen atoms in total. The molecule has 4 rings (SSSR count). The second kappa shape index (κ2) is 9.30. The van der Waals surface area contributed by atoms with E-state index in [1.54, 1.807) is 30.6 Å². The number of aromatic nitrogens is 1. The highest BCUT2D eigenvalue weighted by molar-refractivity contribution is 7.16. The van der Waals surface area contributed by atoms with Crippen LogP contribution in [-0.4, -0.2) is 22.5 Å². The lowest BCUT2D eigenvalue weighted by Gasteiger charge is -2.06. The number of nitro groups is 1. The number of rotatable bonds is 7. The fourth-order valence-electron chi connectivity index (χ4n) is 3.49. The minimum Gasteiger partial charge on any atom is -0.462 e. The van der Waals surface area contributed by atoms with Crippen molar-refractivity contribution in [3.63, 3.8) is 0 Å². The first-order valence-corrected chi connectivity index (χ1v) is 11.6. The standard InChI is InChI=1S/C22H18N4O4S2/c1-2-30-22(27)19-16-4-3-5-18(16)32-21(19)24-11-14(10-23)20-25-17(12-31-20)13-6-8-15(9-7-13)26(28)29/h6-9,11-12,24H,2-5H2,1H3. The lowest BCUT2D eigenvalue weighted by molar-refractivity contribution is -0.384. The van der Waals surface area contributed by atoms with Crippen LogP contribution in [0.25, 0.3) is 16.8 Å². The van der Waals surface area contributed by atoms with Gasteiger partial charge in [-0.25, -0.2) is 9.78 Å². The average Bonchev–Trinajstić information content (AvgIpc) is 3.51. The largest absolute Gasteiger partial charge is 0.462 e. The molecule has 0 spiro atoms. The van der Waals surface area contributed by atoms with Crippen LogP contribution in [-0.2, 0) is 17.6 Å². The summed E-state index contributed by atoms with van der Waals surface area (Å²) in [6.07, 6.45) is 4.37. The summed E-state index contributed by atoms with van der Waals surface area (Å²) >= 11 is 2.82. The molecule has 1 aromatic carbocycles. The number of carbonyl (C=O) groups excluding carboxylic acids is 1. The van der Waals surface area contributed by atoms with E-state index in [0.717, 1.165) is 30.4 Å². The van der Waals surface area contributed by atoms with Crippen molar-refractivity contribution < 1.29 is 14.5 Å². The maximum Gasteiger partial charge on any atom is 0.341 e.